The normalized spacial score (nSPS) is 10.1. The molecule has 1 heterocycles. The van der Waals surface area contributed by atoms with Crippen molar-refractivity contribution < 1.29 is 9.18 Å². The molecular weight excluding hydrogens is 301 g/mol. The molecule has 0 saturated heterocycles. The molecule has 0 aliphatic carbocycles. The van der Waals surface area contributed by atoms with Crippen molar-refractivity contribution in [3.05, 3.63) is 52.5 Å². The van der Waals surface area contributed by atoms with Crippen LogP contribution in [-0.2, 0) is 0 Å². The number of anilines is 2. The maximum atomic E-state index is 12.9. The first-order valence-electron chi connectivity index (χ1n) is 5.03. The topological polar surface area (TPSA) is 68.0 Å². The van der Waals surface area contributed by atoms with Crippen molar-refractivity contribution in [3.8, 4) is 0 Å². The van der Waals surface area contributed by atoms with Crippen molar-refractivity contribution in [1.82, 2.24) is 4.98 Å². The smallest absolute Gasteiger partial charge is 0.255 e. The summed E-state index contributed by atoms with van der Waals surface area (Å²) in [4.78, 5) is 15.5. The fourth-order valence-corrected chi connectivity index (χ4v) is 1.62. The molecule has 0 bridgehead atoms. The number of hydrogen-bond donors (Lipinski definition) is 2. The molecule has 0 aliphatic heterocycles. The minimum atomic E-state index is -0.511. The van der Waals surface area contributed by atoms with Gasteiger partial charge < -0.3 is 11.1 Å². The molecule has 0 fully saturated rings. The lowest BCUT2D eigenvalue weighted by molar-refractivity contribution is 0.102. The molecule has 0 unspecified atom stereocenters. The van der Waals surface area contributed by atoms with Crippen LogP contribution in [0.1, 0.15) is 10.4 Å². The molecule has 4 nitrogen and oxygen atoms in total. The molecule has 0 radical (unpaired) electrons. The number of carbonyl (C=O) groups excluding carboxylic acids is 1. The van der Waals surface area contributed by atoms with Crippen LogP contribution in [0.2, 0.25) is 0 Å². The van der Waals surface area contributed by atoms with E-state index in [-0.39, 0.29) is 5.91 Å². The number of amides is 1. The van der Waals surface area contributed by atoms with Gasteiger partial charge in [0.1, 0.15) is 5.82 Å². The number of carbonyl (C=O) groups is 1. The summed E-state index contributed by atoms with van der Waals surface area (Å²) in [5.41, 5.74) is 6.82. The van der Waals surface area contributed by atoms with E-state index in [0.717, 1.165) is 6.20 Å². The van der Waals surface area contributed by atoms with E-state index < -0.39 is 5.82 Å². The summed E-state index contributed by atoms with van der Waals surface area (Å²) in [6.07, 6.45) is 2.43. The largest absolute Gasteiger partial charge is 0.398 e. The number of nitrogens with two attached hydrogens (primary N) is 1. The summed E-state index contributed by atoms with van der Waals surface area (Å²) in [6.45, 7) is 0. The van der Waals surface area contributed by atoms with E-state index >= 15 is 0 Å². The highest BCUT2D eigenvalue weighted by molar-refractivity contribution is 9.10. The third-order valence-electron chi connectivity index (χ3n) is 2.22. The second-order valence-electron chi connectivity index (χ2n) is 3.58. The van der Waals surface area contributed by atoms with Gasteiger partial charge in [0.2, 0.25) is 0 Å². The number of nitrogens with zero attached hydrogens (tertiary/aromatic N) is 1. The standard InChI is InChI=1S/C12H9BrFN3O/c13-10-2-1-7(3-11(10)15)12(18)17-9-4-8(14)5-16-6-9/h1-6H,15H2,(H,17,18). The highest BCUT2D eigenvalue weighted by Gasteiger charge is 2.08. The Bertz CT molecular complexity index is 604. The van der Waals surface area contributed by atoms with E-state index in [0.29, 0.717) is 21.4 Å². The first-order valence-corrected chi connectivity index (χ1v) is 5.82. The Balaban J connectivity index is 2.19. The monoisotopic (exact) mass is 309 g/mol. The Morgan fingerprint density at radius 3 is 2.78 bits per heavy atom. The Hall–Kier alpha value is -1.95. The molecule has 1 amide bonds. The number of nitrogens with one attached hydrogen (secondary N) is 1. The fraction of sp³-hybridized carbons (Fsp3) is 0. The number of hydrogen-bond acceptors (Lipinski definition) is 3. The van der Waals surface area contributed by atoms with Gasteiger partial charge in [-0.2, -0.15) is 0 Å². The van der Waals surface area contributed by atoms with Crippen LogP contribution in [0, 0.1) is 5.82 Å². The first-order chi connectivity index (χ1) is 8.56. The molecule has 0 saturated carbocycles. The summed E-state index contributed by atoms with van der Waals surface area (Å²) in [5.74, 6) is -0.885. The van der Waals surface area contributed by atoms with E-state index in [1.807, 2.05) is 0 Å². The second-order valence-corrected chi connectivity index (χ2v) is 4.44. The number of pyridine rings is 1. The predicted octanol–water partition coefficient (Wildman–Crippen LogP) is 2.82. The molecule has 92 valence electrons. The predicted molar refractivity (Wildman–Crippen MR) is 70.7 cm³/mol. The third-order valence-corrected chi connectivity index (χ3v) is 2.94. The summed E-state index contributed by atoms with van der Waals surface area (Å²) >= 11 is 3.24. The molecule has 1 aromatic heterocycles. The van der Waals surface area contributed by atoms with E-state index in [1.54, 1.807) is 12.1 Å². The van der Waals surface area contributed by atoms with Crippen molar-refractivity contribution in [2.24, 2.45) is 0 Å². The number of nitrogen functional groups attached to an aromatic ring is 1. The van der Waals surface area contributed by atoms with Crippen LogP contribution < -0.4 is 11.1 Å². The van der Waals surface area contributed by atoms with Crippen molar-refractivity contribution in [1.29, 1.82) is 0 Å². The van der Waals surface area contributed by atoms with Crippen molar-refractivity contribution >= 4 is 33.2 Å². The maximum absolute atomic E-state index is 12.9. The minimum absolute atomic E-state index is 0.293. The van der Waals surface area contributed by atoms with Gasteiger partial charge in [0, 0.05) is 21.8 Å². The lowest BCUT2D eigenvalue weighted by Crippen LogP contribution is -2.12. The van der Waals surface area contributed by atoms with Gasteiger partial charge in [-0.1, -0.05) is 0 Å². The number of halogens is 2. The molecule has 2 aromatic rings. The second kappa shape index (κ2) is 5.14. The van der Waals surface area contributed by atoms with Gasteiger partial charge in [-0.3, -0.25) is 9.78 Å². The molecule has 1 aromatic carbocycles. The fourth-order valence-electron chi connectivity index (χ4n) is 1.37. The molecule has 0 atom stereocenters. The SMILES string of the molecule is Nc1cc(C(=O)Nc2cncc(F)c2)ccc1Br. The number of rotatable bonds is 2. The van der Waals surface area contributed by atoms with Gasteiger partial charge in [0.15, 0.2) is 0 Å². The van der Waals surface area contributed by atoms with Crippen molar-refractivity contribution in [3.63, 3.8) is 0 Å². The average Bonchev–Trinajstić information content (AvgIpc) is 2.32. The zero-order valence-electron chi connectivity index (χ0n) is 9.15. The highest BCUT2D eigenvalue weighted by atomic mass is 79.9. The molecule has 0 aliphatic rings. The summed E-state index contributed by atoms with van der Waals surface area (Å²) in [7, 11) is 0. The molecule has 18 heavy (non-hydrogen) atoms. The molecular formula is C12H9BrFN3O. The van der Waals surface area contributed by atoms with Gasteiger partial charge in [-0.15, -0.1) is 0 Å². The number of benzene rings is 1. The summed E-state index contributed by atoms with van der Waals surface area (Å²) in [6, 6.07) is 6.01. The van der Waals surface area contributed by atoms with Crippen LogP contribution in [0.4, 0.5) is 15.8 Å². The summed E-state index contributed by atoms with van der Waals surface area (Å²) < 4.78 is 13.6. The van der Waals surface area contributed by atoms with Gasteiger partial charge >= 0.3 is 0 Å². The van der Waals surface area contributed by atoms with E-state index in [4.69, 9.17) is 5.73 Å². The first kappa shape index (κ1) is 12.5. The molecule has 6 heteroatoms. The molecule has 0 spiro atoms. The Kier molecular flexibility index (Phi) is 3.57. The molecule has 2 rings (SSSR count). The van der Waals surface area contributed by atoms with Gasteiger partial charge in [0.05, 0.1) is 18.1 Å². The Morgan fingerprint density at radius 2 is 2.11 bits per heavy atom. The number of aromatic nitrogens is 1. The van der Waals surface area contributed by atoms with Crippen LogP contribution in [-0.4, -0.2) is 10.9 Å². The Labute approximate surface area is 111 Å². The van der Waals surface area contributed by atoms with Gasteiger partial charge in [-0.05, 0) is 34.1 Å². The minimum Gasteiger partial charge on any atom is -0.398 e. The van der Waals surface area contributed by atoms with Crippen LogP contribution in [0.5, 0.6) is 0 Å². The van der Waals surface area contributed by atoms with Gasteiger partial charge in [0.25, 0.3) is 5.91 Å². The average molecular weight is 310 g/mol. The lowest BCUT2D eigenvalue weighted by atomic mass is 10.2. The Morgan fingerprint density at radius 1 is 1.33 bits per heavy atom. The molecule has 3 N–H and O–H groups in total. The van der Waals surface area contributed by atoms with E-state index in [2.05, 4.69) is 26.2 Å². The maximum Gasteiger partial charge on any atom is 0.255 e. The van der Waals surface area contributed by atoms with Gasteiger partial charge in [-0.25, -0.2) is 4.39 Å². The van der Waals surface area contributed by atoms with Crippen LogP contribution in [0.3, 0.4) is 0 Å². The quantitative estimate of drug-likeness (QED) is 0.838. The van der Waals surface area contributed by atoms with E-state index in [9.17, 15) is 9.18 Å². The summed E-state index contributed by atoms with van der Waals surface area (Å²) in [5, 5.41) is 2.53. The van der Waals surface area contributed by atoms with Crippen LogP contribution in [0.15, 0.2) is 41.1 Å². The van der Waals surface area contributed by atoms with Crippen molar-refractivity contribution in [2.75, 3.05) is 11.1 Å². The lowest BCUT2D eigenvalue weighted by Gasteiger charge is -2.06. The third kappa shape index (κ3) is 2.84. The van der Waals surface area contributed by atoms with Crippen LogP contribution in [0.25, 0.3) is 0 Å². The zero-order valence-corrected chi connectivity index (χ0v) is 10.7. The highest BCUT2D eigenvalue weighted by Crippen LogP contribution is 2.20. The van der Waals surface area contributed by atoms with E-state index in [1.165, 1.54) is 18.3 Å². The van der Waals surface area contributed by atoms with Crippen molar-refractivity contribution in [2.45, 2.75) is 0 Å². The zero-order chi connectivity index (χ0) is 13.1. The van der Waals surface area contributed by atoms with Crippen LogP contribution >= 0.6 is 15.9 Å².